The lowest BCUT2D eigenvalue weighted by Crippen LogP contribution is -2.44. The summed E-state index contributed by atoms with van der Waals surface area (Å²) < 4.78 is 10.3. The molecule has 1 aromatic rings. The van der Waals surface area contributed by atoms with E-state index in [1.807, 2.05) is 43.3 Å². The fourth-order valence-corrected chi connectivity index (χ4v) is 4.04. The van der Waals surface area contributed by atoms with Crippen LogP contribution >= 0.6 is 11.8 Å². The maximum atomic E-state index is 12.6. The Morgan fingerprint density at radius 2 is 2.04 bits per heavy atom. The summed E-state index contributed by atoms with van der Waals surface area (Å²) in [5.74, 6) is 0.152. The van der Waals surface area contributed by atoms with Gasteiger partial charge in [0.05, 0.1) is 36.8 Å². The van der Waals surface area contributed by atoms with E-state index in [1.54, 1.807) is 18.9 Å². The van der Waals surface area contributed by atoms with Crippen LogP contribution in [0, 0.1) is 0 Å². The van der Waals surface area contributed by atoms with Gasteiger partial charge in [-0.05, 0) is 19.9 Å². The van der Waals surface area contributed by atoms with Crippen LogP contribution in [0.25, 0.3) is 6.08 Å². The van der Waals surface area contributed by atoms with Crippen LogP contribution < -0.4 is 4.74 Å². The number of hydrogen-bond acceptors (Lipinski definition) is 6. The molecule has 1 amide bonds. The molecule has 0 saturated carbocycles. The number of nitrogens with zero attached hydrogens (tertiary/aromatic N) is 2. The third-order valence-corrected chi connectivity index (χ3v) is 5.36. The van der Waals surface area contributed by atoms with E-state index >= 15 is 0 Å². The Kier molecular flexibility index (Phi) is 5.18. The number of allylic oxidation sites excluding steroid dienone is 1. The summed E-state index contributed by atoms with van der Waals surface area (Å²) in [7, 11) is 2.93. The van der Waals surface area contributed by atoms with E-state index in [1.165, 1.54) is 18.9 Å². The number of fused-ring (bicyclic) bond motifs is 1. The lowest BCUT2D eigenvalue weighted by atomic mass is 10.00. The number of carbonyl (C=O) groups is 2. The van der Waals surface area contributed by atoms with E-state index in [0.717, 1.165) is 5.56 Å². The maximum Gasteiger partial charge on any atom is 0.338 e. The van der Waals surface area contributed by atoms with Crippen molar-refractivity contribution in [1.29, 1.82) is 0 Å². The lowest BCUT2D eigenvalue weighted by molar-refractivity contribution is -0.137. The van der Waals surface area contributed by atoms with Gasteiger partial charge in [0.25, 0.3) is 0 Å². The molecule has 0 bridgehead atoms. The Labute approximate surface area is 156 Å². The molecule has 0 aliphatic carbocycles. The smallest absolute Gasteiger partial charge is 0.338 e. The minimum atomic E-state index is -0.565. The van der Waals surface area contributed by atoms with Crippen LogP contribution in [0.1, 0.15) is 19.4 Å². The predicted molar refractivity (Wildman–Crippen MR) is 102 cm³/mol. The Morgan fingerprint density at radius 3 is 2.73 bits per heavy atom. The normalized spacial score (nSPS) is 22.5. The largest absolute Gasteiger partial charge is 0.496 e. The van der Waals surface area contributed by atoms with Gasteiger partial charge in [-0.2, -0.15) is 0 Å². The number of aliphatic imine (C=N–C) groups is 1. The van der Waals surface area contributed by atoms with Gasteiger partial charge >= 0.3 is 5.97 Å². The van der Waals surface area contributed by atoms with Gasteiger partial charge in [0, 0.05) is 5.56 Å². The van der Waals surface area contributed by atoms with Gasteiger partial charge in [-0.15, -0.1) is 0 Å². The molecule has 136 valence electrons. The van der Waals surface area contributed by atoms with E-state index in [2.05, 4.69) is 4.99 Å². The van der Waals surface area contributed by atoms with Gasteiger partial charge in [-0.3, -0.25) is 9.69 Å². The zero-order valence-electron chi connectivity index (χ0n) is 15.1. The van der Waals surface area contributed by atoms with Crippen molar-refractivity contribution in [3.05, 3.63) is 47.2 Å². The fourth-order valence-electron chi connectivity index (χ4n) is 3.00. The van der Waals surface area contributed by atoms with Crippen LogP contribution in [0.2, 0.25) is 0 Å². The van der Waals surface area contributed by atoms with Gasteiger partial charge in [-0.1, -0.05) is 42.1 Å². The van der Waals surface area contributed by atoms with Crippen molar-refractivity contribution >= 4 is 34.9 Å². The zero-order valence-corrected chi connectivity index (χ0v) is 15.9. The van der Waals surface area contributed by atoms with Crippen LogP contribution in [0.3, 0.4) is 0 Å². The summed E-state index contributed by atoms with van der Waals surface area (Å²) in [6.07, 6.45) is 3.67. The van der Waals surface area contributed by atoms with Crippen molar-refractivity contribution in [2.45, 2.75) is 25.1 Å². The first kappa shape index (κ1) is 18.3. The number of thioether (sulfide) groups is 1. The standard InChI is InChI=1S/C19H20N2O4S/c1-11-16(18(23)25-4)14(21-17(22)12(2)26-19(21)20-11)10-9-13-7-5-6-8-15(13)24-3/h5-10,12,14H,1-4H3/b10-9+/t12-,14-/m1/s1. The van der Waals surface area contributed by atoms with Gasteiger partial charge in [0.2, 0.25) is 5.91 Å². The third kappa shape index (κ3) is 3.14. The number of para-hydroxylation sites is 1. The first-order valence-electron chi connectivity index (χ1n) is 8.16. The second kappa shape index (κ2) is 7.37. The molecule has 1 fully saturated rings. The quantitative estimate of drug-likeness (QED) is 0.760. The van der Waals surface area contributed by atoms with E-state index in [4.69, 9.17) is 9.47 Å². The van der Waals surface area contributed by atoms with E-state index in [0.29, 0.717) is 22.2 Å². The van der Waals surface area contributed by atoms with Crippen LogP contribution in [0.4, 0.5) is 0 Å². The van der Waals surface area contributed by atoms with Gasteiger partial charge in [-0.25, -0.2) is 9.79 Å². The summed E-state index contributed by atoms with van der Waals surface area (Å²) >= 11 is 1.40. The summed E-state index contributed by atoms with van der Waals surface area (Å²) in [5.41, 5.74) is 1.78. The highest BCUT2D eigenvalue weighted by Crippen LogP contribution is 2.37. The molecule has 2 aliphatic heterocycles. The molecule has 1 aromatic carbocycles. The molecule has 2 aliphatic rings. The molecule has 1 saturated heterocycles. The molecular weight excluding hydrogens is 352 g/mol. The molecule has 2 atom stereocenters. The van der Waals surface area contributed by atoms with E-state index in [9.17, 15) is 9.59 Å². The average Bonchev–Trinajstić information content (AvgIpc) is 2.92. The summed E-state index contributed by atoms with van der Waals surface area (Å²) in [4.78, 5) is 31.0. The fraction of sp³-hybridized carbons (Fsp3) is 0.316. The first-order valence-corrected chi connectivity index (χ1v) is 9.04. The molecule has 0 radical (unpaired) electrons. The van der Waals surface area contributed by atoms with Crippen molar-refractivity contribution in [3.63, 3.8) is 0 Å². The highest BCUT2D eigenvalue weighted by atomic mass is 32.2. The minimum Gasteiger partial charge on any atom is -0.496 e. The maximum absolute atomic E-state index is 12.6. The molecule has 0 aromatic heterocycles. The molecular formula is C19H20N2O4S. The summed E-state index contributed by atoms with van der Waals surface area (Å²) in [6.45, 7) is 3.59. The summed E-state index contributed by atoms with van der Waals surface area (Å²) in [5, 5.41) is 0.378. The second-order valence-corrected chi connectivity index (χ2v) is 7.21. The lowest BCUT2D eigenvalue weighted by Gasteiger charge is -2.30. The highest BCUT2D eigenvalue weighted by Gasteiger charge is 2.44. The highest BCUT2D eigenvalue weighted by molar-refractivity contribution is 8.15. The number of carbonyl (C=O) groups excluding carboxylic acids is 2. The van der Waals surface area contributed by atoms with Crippen LogP contribution in [-0.4, -0.2) is 47.5 Å². The van der Waals surface area contributed by atoms with Crippen molar-refractivity contribution < 1.29 is 19.1 Å². The number of amides is 1. The van der Waals surface area contributed by atoms with E-state index in [-0.39, 0.29) is 11.2 Å². The molecule has 26 heavy (non-hydrogen) atoms. The number of esters is 1. The van der Waals surface area contributed by atoms with Gasteiger partial charge in [0.1, 0.15) is 5.75 Å². The Bertz CT molecular complexity index is 844. The predicted octanol–water partition coefficient (Wildman–Crippen LogP) is 2.86. The number of rotatable bonds is 4. The van der Waals surface area contributed by atoms with Crippen molar-refractivity contribution in [2.75, 3.05) is 14.2 Å². The number of hydrogen-bond donors (Lipinski definition) is 0. The van der Waals surface area contributed by atoms with Gasteiger partial charge in [0.15, 0.2) is 5.17 Å². The molecule has 0 spiro atoms. The molecule has 0 unspecified atom stereocenters. The second-order valence-electron chi connectivity index (χ2n) is 5.90. The average molecular weight is 372 g/mol. The SMILES string of the molecule is COC(=O)C1=C(C)N=C2S[C@H](C)C(=O)N2[C@@H]1/C=C/c1ccccc1OC. The van der Waals surface area contributed by atoms with Crippen molar-refractivity contribution in [3.8, 4) is 5.75 Å². The monoisotopic (exact) mass is 372 g/mol. The number of methoxy groups -OCH3 is 2. The Balaban J connectivity index is 2.05. The minimum absolute atomic E-state index is 0.0719. The van der Waals surface area contributed by atoms with Crippen LogP contribution in [-0.2, 0) is 14.3 Å². The molecule has 6 nitrogen and oxygen atoms in total. The molecule has 0 N–H and O–H groups in total. The van der Waals surface area contributed by atoms with E-state index < -0.39 is 12.0 Å². The van der Waals surface area contributed by atoms with Crippen molar-refractivity contribution in [2.24, 2.45) is 4.99 Å². The van der Waals surface area contributed by atoms with Crippen LogP contribution in [0.5, 0.6) is 5.75 Å². The molecule has 7 heteroatoms. The Hall–Kier alpha value is -2.54. The summed E-state index contributed by atoms with van der Waals surface area (Å²) in [6, 6.07) is 6.98. The van der Waals surface area contributed by atoms with Crippen molar-refractivity contribution in [1.82, 2.24) is 4.90 Å². The molecule has 2 heterocycles. The van der Waals surface area contributed by atoms with Crippen LogP contribution in [0.15, 0.2) is 46.6 Å². The Morgan fingerprint density at radius 1 is 1.31 bits per heavy atom. The number of amidine groups is 1. The third-order valence-electron chi connectivity index (χ3n) is 4.30. The topological polar surface area (TPSA) is 68.2 Å². The molecule has 3 rings (SSSR count). The van der Waals surface area contributed by atoms with Gasteiger partial charge < -0.3 is 9.47 Å². The zero-order chi connectivity index (χ0) is 18.8. The first-order chi connectivity index (χ1) is 12.5. The number of ether oxygens (including phenoxy) is 2. The number of benzene rings is 1.